The number of carbonyl (C=O) groups is 3. The van der Waals surface area contributed by atoms with Gasteiger partial charge in [-0.2, -0.15) is 0 Å². The van der Waals surface area contributed by atoms with Crippen molar-refractivity contribution in [1.29, 1.82) is 0 Å². The number of carbonyl (C=O) groups excluding carboxylic acids is 3. The highest BCUT2D eigenvalue weighted by molar-refractivity contribution is 7.99. The molecule has 2 saturated heterocycles. The third-order valence-corrected chi connectivity index (χ3v) is 10.1. The average molecular weight is 629 g/mol. The molecule has 0 unspecified atom stereocenters. The monoisotopic (exact) mass is 628 g/mol. The number of thioether (sulfide) groups is 1. The summed E-state index contributed by atoms with van der Waals surface area (Å²) in [5.74, 6) is 2.88. The average Bonchev–Trinajstić information content (AvgIpc) is 3.36. The summed E-state index contributed by atoms with van der Waals surface area (Å²) in [6.45, 7) is 11.4. The summed E-state index contributed by atoms with van der Waals surface area (Å²) >= 11 is 7.36. The first-order valence-corrected chi connectivity index (χ1v) is 16.2. The van der Waals surface area contributed by atoms with Crippen LogP contribution in [0.25, 0.3) is 0 Å². The maximum atomic E-state index is 14.2. The van der Waals surface area contributed by atoms with Crippen molar-refractivity contribution >= 4 is 46.9 Å². The number of hydrogen-bond donors (Lipinski definition) is 2. The Morgan fingerprint density at radius 2 is 1.98 bits per heavy atom. The minimum absolute atomic E-state index is 0.134. The number of likely N-dealkylation sites (N-methyl/N-ethyl adjacent to an activating group) is 1. The zero-order valence-corrected chi connectivity index (χ0v) is 27.8. The molecule has 0 bridgehead atoms. The molecule has 1 aromatic rings. The fourth-order valence-electron chi connectivity index (χ4n) is 6.08. The fourth-order valence-corrected chi connectivity index (χ4v) is 7.96. The second kappa shape index (κ2) is 13.0. The van der Waals surface area contributed by atoms with Crippen molar-refractivity contribution in [2.75, 3.05) is 19.4 Å². The molecule has 0 spiro atoms. The van der Waals surface area contributed by atoms with Crippen LogP contribution in [0.3, 0.4) is 0 Å². The molecular weight excluding hydrogens is 585 g/mol. The number of rotatable bonds is 7. The molecule has 3 amide bonds. The van der Waals surface area contributed by atoms with Gasteiger partial charge in [0.05, 0.1) is 28.6 Å². The summed E-state index contributed by atoms with van der Waals surface area (Å²) in [6.07, 6.45) is 6.57. The number of nitrogens with zero attached hydrogens (tertiary/aromatic N) is 2. The number of benzene rings is 1. The molecule has 4 rings (SSSR count). The zero-order valence-electron chi connectivity index (χ0n) is 26.1. The van der Waals surface area contributed by atoms with Gasteiger partial charge in [-0.15, -0.1) is 18.2 Å². The molecule has 6 atom stereocenters. The summed E-state index contributed by atoms with van der Waals surface area (Å²) in [5.41, 5.74) is 1.02. The van der Waals surface area contributed by atoms with Gasteiger partial charge in [-0.05, 0) is 62.8 Å². The lowest BCUT2D eigenvalue weighted by molar-refractivity contribution is -0.143. The largest absolute Gasteiger partial charge is 0.444 e. The van der Waals surface area contributed by atoms with Gasteiger partial charge in [0.1, 0.15) is 24.3 Å². The van der Waals surface area contributed by atoms with E-state index in [1.165, 1.54) is 4.90 Å². The minimum atomic E-state index is -0.684. The number of amides is 3. The number of thiocarbonyl (C=S) groups is 1. The summed E-state index contributed by atoms with van der Waals surface area (Å²) in [6, 6.07) is 5.80. The van der Waals surface area contributed by atoms with Gasteiger partial charge in [0.2, 0.25) is 11.8 Å². The van der Waals surface area contributed by atoms with E-state index in [0.717, 1.165) is 16.9 Å². The minimum Gasteiger partial charge on any atom is -0.444 e. The Hall–Kier alpha value is -2.81. The van der Waals surface area contributed by atoms with Crippen molar-refractivity contribution in [1.82, 2.24) is 20.4 Å². The highest BCUT2D eigenvalue weighted by Gasteiger charge is 2.55. The second-order valence-corrected chi connectivity index (χ2v) is 15.0. The van der Waals surface area contributed by atoms with E-state index in [1.807, 2.05) is 38.1 Å². The summed E-state index contributed by atoms with van der Waals surface area (Å²) in [4.78, 5) is 44.5. The fraction of sp³-hybridized carbons (Fsp3) is 0.625. The molecule has 2 heterocycles. The van der Waals surface area contributed by atoms with Crippen molar-refractivity contribution in [3.63, 3.8) is 0 Å². The van der Waals surface area contributed by atoms with Crippen molar-refractivity contribution in [3.8, 4) is 12.3 Å². The SMILES string of the molecule is C#CCO[C@@H]1Cc2ccccc2[C@@H]1NC(=O)[C@H]1N2C(=O)[C@@H](NC(=S)[C@H](C)N(C)C(=O)OC(C)(C)C)CCS[C@H]2CC1(C)C. The second-order valence-electron chi connectivity index (χ2n) is 13.2. The van der Waals surface area contributed by atoms with Crippen LogP contribution in [-0.4, -0.2) is 87.3 Å². The molecule has 2 N–H and O–H groups in total. The van der Waals surface area contributed by atoms with Gasteiger partial charge in [-0.3, -0.25) is 9.59 Å². The molecule has 2 fully saturated rings. The lowest BCUT2D eigenvalue weighted by atomic mass is 9.83. The van der Waals surface area contributed by atoms with Crippen LogP contribution in [0.4, 0.5) is 4.79 Å². The molecule has 1 aromatic carbocycles. The van der Waals surface area contributed by atoms with E-state index in [9.17, 15) is 14.4 Å². The van der Waals surface area contributed by atoms with Crippen LogP contribution in [0.5, 0.6) is 0 Å². The van der Waals surface area contributed by atoms with Crippen LogP contribution in [0.1, 0.15) is 71.6 Å². The Bertz CT molecular complexity index is 1290. The van der Waals surface area contributed by atoms with Gasteiger partial charge >= 0.3 is 6.09 Å². The van der Waals surface area contributed by atoms with Crippen LogP contribution in [0.2, 0.25) is 0 Å². The number of nitrogens with one attached hydrogen (secondary N) is 2. The van der Waals surface area contributed by atoms with E-state index >= 15 is 0 Å². The highest BCUT2D eigenvalue weighted by Crippen LogP contribution is 2.47. The Kier molecular flexibility index (Phi) is 10.0. The lowest BCUT2D eigenvalue weighted by Gasteiger charge is -2.36. The van der Waals surface area contributed by atoms with Crippen molar-refractivity contribution < 1.29 is 23.9 Å². The zero-order chi connectivity index (χ0) is 31.7. The number of terminal acetylenes is 1. The van der Waals surface area contributed by atoms with Crippen LogP contribution >= 0.6 is 24.0 Å². The van der Waals surface area contributed by atoms with E-state index in [4.69, 9.17) is 28.1 Å². The third-order valence-electron chi connectivity index (χ3n) is 8.37. The van der Waals surface area contributed by atoms with Crippen LogP contribution in [0, 0.1) is 17.8 Å². The molecule has 2 aliphatic heterocycles. The van der Waals surface area contributed by atoms with E-state index in [0.29, 0.717) is 24.3 Å². The quantitative estimate of drug-likeness (QED) is 0.345. The van der Waals surface area contributed by atoms with Gasteiger partial charge in [0.15, 0.2) is 0 Å². The predicted octanol–water partition coefficient (Wildman–Crippen LogP) is 4.05. The number of hydrogen-bond acceptors (Lipinski definition) is 7. The first kappa shape index (κ1) is 33.1. The topological polar surface area (TPSA) is 100 Å². The van der Waals surface area contributed by atoms with Crippen LogP contribution in [0.15, 0.2) is 24.3 Å². The standard InChI is InChI=1S/C32H44N4O5S2/c1-9-15-40-23-17-20-12-10-11-13-21(20)25(23)34-27(37)26-32(6,7)18-24-36(26)29(38)22(14-16-43-24)33-28(42)19(2)35(8)30(39)41-31(3,4)5/h1,10-13,19,22-26H,14-18H2,2-8H3,(H,33,42)(H,34,37)/t19-,22-,23+,24-,25-,26+/m0/s1. The smallest absolute Gasteiger partial charge is 0.410 e. The summed E-state index contributed by atoms with van der Waals surface area (Å²) in [5, 5.41) is 6.34. The molecule has 0 radical (unpaired) electrons. The molecule has 43 heavy (non-hydrogen) atoms. The van der Waals surface area contributed by atoms with Gasteiger partial charge in [-0.25, -0.2) is 4.79 Å². The van der Waals surface area contributed by atoms with E-state index < -0.39 is 35.2 Å². The third kappa shape index (κ3) is 7.30. The van der Waals surface area contributed by atoms with Crippen molar-refractivity contribution in [2.24, 2.45) is 5.41 Å². The Balaban J connectivity index is 1.52. The number of fused-ring (bicyclic) bond motifs is 2. The van der Waals surface area contributed by atoms with Crippen molar-refractivity contribution in [3.05, 3.63) is 35.4 Å². The molecule has 3 aliphatic rings. The predicted molar refractivity (Wildman–Crippen MR) is 172 cm³/mol. The normalized spacial score (nSPS) is 26.8. The van der Waals surface area contributed by atoms with Crippen LogP contribution < -0.4 is 10.6 Å². The molecular formula is C32H44N4O5S2. The highest BCUT2D eigenvalue weighted by atomic mass is 32.2. The van der Waals surface area contributed by atoms with Gasteiger partial charge < -0.3 is 29.9 Å². The van der Waals surface area contributed by atoms with Crippen LogP contribution in [-0.2, 0) is 25.5 Å². The van der Waals surface area contributed by atoms with E-state index in [-0.39, 0.29) is 35.9 Å². The van der Waals surface area contributed by atoms with E-state index in [1.54, 1.807) is 51.4 Å². The first-order chi connectivity index (χ1) is 20.1. The first-order valence-electron chi connectivity index (χ1n) is 14.8. The molecule has 0 aromatic heterocycles. The Morgan fingerprint density at radius 3 is 2.65 bits per heavy atom. The molecule has 11 heteroatoms. The Labute approximate surface area is 265 Å². The molecule has 234 valence electrons. The molecule has 1 aliphatic carbocycles. The summed E-state index contributed by atoms with van der Waals surface area (Å²) < 4.78 is 11.4. The van der Waals surface area contributed by atoms with Gasteiger partial charge in [-0.1, -0.05) is 56.3 Å². The number of ether oxygens (including phenoxy) is 2. The lowest BCUT2D eigenvalue weighted by Crippen LogP contribution is -2.58. The molecule has 9 nitrogen and oxygen atoms in total. The van der Waals surface area contributed by atoms with Crippen molar-refractivity contribution in [2.45, 2.75) is 102 Å². The Morgan fingerprint density at radius 1 is 1.28 bits per heavy atom. The molecule has 0 saturated carbocycles. The van der Waals surface area contributed by atoms with Gasteiger partial charge in [0, 0.05) is 13.5 Å². The summed E-state index contributed by atoms with van der Waals surface area (Å²) in [7, 11) is 1.62. The maximum Gasteiger partial charge on any atom is 0.410 e. The maximum absolute atomic E-state index is 14.2. The van der Waals surface area contributed by atoms with Gasteiger partial charge in [0.25, 0.3) is 0 Å². The van der Waals surface area contributed by atoms with E-state index in [2.05, 4.69) is 16.6 Å².